The fourth-order valence-corrected chi connectivity index (χ4v) is 6.46. The highest BCUT2D eigenvalue weighted by Gasteiger charge is 2.46. The lowest BCUT2D eigenvalue weighted by atomic mass is 9.87. The number of carbonyl (C=O) groups is 5. The summed E-state index contributed by atoms with van der Waals surface area (Å²) in [5.41, 5.74) is 3.66. The van der Waals surface area contributed by atoms with Gasteiger partial charge in [-0.15, -0.1) is 0 Å². The molecule has 0 aromatic heterocycles. The predicted octanol–water partition coefficient (Wildman–Crippen LogP) is 6.40. The zero-order chi connectivity index (χ0) is 39.9. The topological polar surface area (TPSA) is 146 Å². The molecule has 0 bridgehead atoms. The molecule has 1 heterocycles. The van der Waals surface area contributed by atoms with Crippen molar-refractivity contribution in [3.8, 4) is 0 Å². The molecular weight excluding hydrogens is 714 g/mol. The van der Waals surface area contributed by atoms with Crippen LogP contribution in [0.4, 0.5) is 4.79 Å². The molecule has 5 rings (SSSR count). The molecule has 4 atom stereocenters. The van der Waals surface area contributed by atoms with Crippen LogP contribution in [-0.2, 0) is 51.2 Å². The number of amides is 2. The van der Waals surface area contributed by atoms with Crippen LogP contribution in [0.25, 0.3) is 5.57 Å². The number of cyclic esters (lactones) is 1. The number of aryl methyl sites for hydroxylation is 1. The first kappa shape index (κ1) is 41.4. The number of imide groups is 1. The molecule has 11 nitrogen and oxygen atoms in total. The van der Waals surface area contributed by atoms with Crippen molar-refractivity contribution in [1.82, 2.24) is 4.90 Å². The number of hydrogen-bond donors (Lipinski definition) is 1. The number of carbonyl (C=O) groups excluding carboxylic acids is 5. The molecule has 1 N–H and O–H groups in total. The summed E-state index contributed by atoms with van der Waals surface area (Å²) in [6.45, 7) is 3.28. The average molecular weight is 762 g/mol. The number of nitrogens with zero attached hydrogens (tertiary/aromatic N) is 1. The van der Waals surface area contributed by atoms with Gasteiger partial charge in [-0.1, -0.05) is 121 Å². The van der Waals surface area contributed by atoms with Crippen molar-refractivity contribution in [1.29, 1.82) is 0 Å². The summed E-state index contributed by atoms with van der Waals surface area (Å²) < 4.78 is 22.5. The highest BCUT2D eigenvalue weighted by molar-refractivity contribution is 6.25. The van der Waals surface area contributed by atoms with E-state index in [2.05, 4.69) is 0 Å². The summed E-state index contributed by atoms with van der Waals surface area (Å²) in [6, 6.07) is 33.7. The Morgan fingerprint density at radius 2 is 1.55 bits per heavy atom. The van der Waals surface area contributed by atoms with Crippen LogP contribution in [0, 0.1) is 12.8 Å². The van der Waals surface area contributed by atoms with E-state index in [1.54, 1.807) is 72.8 Å². The second kappa shape index (κ2) is 20.8. The first-order valence-corrected chi connectivity index (χ1v) is 18.6. The fraction of sp³-hybridized carbons (Fsp3) is 0.311. The lowest BCUT2D eigenvalue weighted by Crippen LogP contribution is -2.47. The SMILES string of the molecule is CC(=O)OC(C(=O)C=C(C(=O)CCCOCC(CO)OCc1ccccc1)c1cccc(C)c1)C(Cc1ccccc1)C(=O)N1C(=O)OCC1c1ccccc1. The third kappa shape index (κ3) is 11.6. The van der Waals surface area contributed by atoms with E-state index in [-0.39, 0.29) is 50.6 Å². The van der Waals surface area contributed by atoms with Gasteiger partial charge in [0, 0.05) is 25.5 Å². The average Bonchev–Trinajstić information content (AvgIpc) is 3.60. The molecule has 0 spiro atoms. The number of allylic oxidation sites excluding steroid dienone is 1. The largest absolute Gasteiger partial charge is 0.453 e. The van der Waals surface area contributed by atoms with Crippen molar-refractivity contribution >= 4 is 35.1 Å². The van der Waals surface area contributed by atoms with E-state index in [4.69, 9.17) is 18.9 Å². The van der Waals surface area contributed by atoms with Gasteiger partial charge >= 0.3 is 12.1 Å². The monoisotopic (exact) mass is 761 g/mol. The highest BCUT2D eigenvalue weighted by atomic mass is 16.6. The summed E-state index contributed by atoms with van der Waals surface area (Å²) in [4.78, 5) is 69.6. The van der Waals surface area contributed by atoms with Crippen molar-refractivity contribution in [3.05, 3.63) is 149 Å². The van der Waals surface area contributed by atoms with E-state index in [1.165, 1.54) is 0 Å². The molecule has 1 aliphatic rings. The Labute approximate surface area is 326 Å². The van der Waals surface area contributed by atoms with Crippen molar-refractivity contribution in [3.63, 3.8) is 0 Å². The van der Waals surface area contributed by atoms with Gasteiger partial charge in [-0.25, -0.2) is 9.69 Å². The maximum absolute atomic E-state index is 14.5. The number of ether oxygens (including phenoxy) is 4. The van der Waals surface area contributed by atoms with Crippen LogP contribution >= 0.6 is 0 Å². The zero-order valence-corrected chi connectivity index (χ0v) is 31.6. The number of rotatable bonds is 20. The molecule has 1 saturated heterocycles. The second-order valence-corrected chi connectivity index (χ2v) is 13.6. The van der Waals surface area contributed by atoms with Gasteiger partial charge in [-0.05, 0) is 48.1 Å². The number of benzene rings is 4. The summed E-state index contributed by atoms with van der Waals surface area (Å²) in [5.74, 6) is -4.09. The van der Waals surface area contributed by atoms with Gasteiger partial charge in [0.05, 0.1) is 25.7 Å². The van der Waals surface area contributed by atoms with E-state index < -0.39 is 47.9 Å². The molecule has 2 amide bonds. The molecule has 0 aliphatic carbocycles. The van der Waals surface area contributed by atoms with Crippen molar-refractivity contribution in [2.45, 2.75) is 58.0 Å². The molecule has 4 aromatic rings. The zero-order valence-electron chi connectivity index (χ0n) is 31.6. The minimum absolute atomic E-state index is 0.00466. The summed E-state index contributed by atoms with van der Waals surface area (Å²) >= 11 is 0. The molecule has 292 valence electrons. The van der Waals surface area contributed by atoms with Gasteiger partial charge in [0.1, 0.15) is 18.8 Å². The first-order valence-electron chi connectivity index (χ1n) is 18.6. The molecule has 56 heavy (non-hydrogen) atoms. The van der Waals surface area contributed by atoms with E-state index in [0.717, 1.165) is 29.0 Å². The normalized spacial score (nSPS) is 15.8. The Balaban J connectivity index is 1.38. The second-order valence-electron chi connectivity index (χ2n) is 13.6. The molecule has 4 unspecified atom stereocenters. The van der Waals surface area contributed by atoms with E-state index >= 15 is 0 Å². The molecule has 0 radical (unpaired) electrons. The number of hydrogen-bond acceptors (Lipinski definition) is 10. The standard InChI is InChI=1S/C45H47NO10/c1-31-14-12-21-36(24-31)38(41(49)22-13-23-53-29-37(27-47)54-28-34-17-8-4-9-18-34)26-42(50)43(56-32(2)48)39(25-33-15-6-3-7-16-33)44(51)46-40(30-55-45(46)52)35-19-10-5-11-20-35/h3-12,14-21,24,26,37,39-40,43,47H,13,22-23,25,27-30H2,1-2H3. The van der Waals surface area contributed by atoms with E-state index in [0.29, 0.717) is 29.7 Å². The highest BCUT2D eigenvalue weighted by Crippen LogP contribution is 2.32. The summed E-state index contributed by atoms with van der Waals surface area (Å²) in [7, 11) is 0. The van der Waals surface area contributed by atoms with Gasteiger partial charge in [0.2, 0.25) is 5.91 Å². The minimum atomic E-state index is -1.69. The number of aliphatic hydroxyl groups excluding tert-OH is 1. The quantitative estimate of drug-likeness (QED) is 0.0610. The Bertz CT molecular complexity index is 1960. The van der Waals surface area contributed by atoms with Gasteiger partial charge in [0.15, 0.2) is 17.7 Å². The van der Waals surface area contributed by atoms with Gasteiger partial charge in [-0.3, -0.25) is 19.2 Å². The van der Waals surface area contributed by atoms with Crippen molar-refractivity contribution < 1.29 is 48.0 Å². The number of esters is 1. The van der Waals surface area contributed by atoms with Crippen LogP contribution in [0.5, 0.6) is 0 Å². The maximum atomic E-state index is 14.5. The smallest absolute Gasteiger partial charge is 0.417 e. The van der Waals surface area contributed by atoms with Crippen LogP contribution in [-0.4, -0.2) is 78.2 Å². The van der Waals surface area contributed by atoms with Crippen LogP contribution in [0.2, 0.25) is 0 Å². The molecular formula is C45H47NO10. The van der Waals surface area contributed by atoms with Gasteiger partial charge < -0.3 is 24.1 Å². The Hall–Kier alpha value is -5.75. The van der Waals surface area contributed by atoms with Crippen LogP contribution in [0.15, 0.2) is 121 Å². The van der Waals surface area contributed by atoms with Gasteiger partial charge in [-0.2, -0.15) is 0 Å². The molecule has 11 heteroatoms. The lowest BCUT2D eigenvalue weighted by Gasteiger charge is -2.29. The Morgan fingerprint density at radius 1 is 0.893 bits per heavy atom. The fourth-order valence-electron chi connectivity index (χ4n) is 6.46. The lowest BCUT2D eigenvalue weighted by molar-refractivity contribution is -0.158. The number of ketones is 2. The summed E-state index contributed by atoms with van der Waals surface area (Å²) in [5, 5.41) is 9.77. The van der Waals surface area contributed by atoms with E-state index in [1.807, 2.05) is 49.4 Å². The van der Waals surface area contributed by atoms with Crippen LogP contribution < -0.4 is 0 Å². The van der Waals surface area contributed by atoms with Crippen LogP contribution in [0.3, 0.4) is 0 Å². The van der Waals surface area contributed by atoms with Crippen LogP contribution in [0.1, 0.15) is 53.6 Å². The molecule has 1 aliphatic heterocycles. The van der Waals surface area contributed by atoms with E-state index in [9.17, 15) is 29.1 Å². The summed E-state index contributed by atoms with van der Waals surface area (Å²) in [6.07, 6.45) is -1.74. The number of aliphatic hydroxyl groups is 1. The maximum Gasteiger partial charge on any atom is 0.417 e. The minimum Gasteiger partial charge on any atom is -0.453 e. The third-order valence-corrected chi connectivity index (χ3v) is 9.29. The van der Waals surface area contributed by atoms with Crippen molar-refractivity contribution in [2.24, 2.45) is 5.92 Å². The third-order valence-electron chi connectivity index (χ3n) is 9.29. The van der Waals surface area contributed by atoms with Crippen molar-refractivity contribution in [2.75, 3.05) is 26.4 Å². The first-order chi connectivity index (χ1) is 27.1. The number of Topliss-reactive ketones (excluding diaryl/α,β-unsaturated/α-hetero) is 1. The Morgan fingerprint density at radius 3 is 2.20 bits per heavy atom. The predicted molar refractivity (Wildman–Crippen MR) is 208 cm³/mol. The van der Waals surface area contributed by atoms with Gasteiger partial charge in [0.25, 0.3) is 0 Å². The molecule has 1 fully saturated rings. The molecule has 0 saturated carbocycles. The molecule has 4 aromatic carbocycles. The Kier molecular flexibility index (Phi) is 15.4.